The largest absolute Gasteiger partial charge is 0.490 e. The topological polar surface area (TPSA) is 89.5 Å². The standard InChI is InChI=1S/C35H48O8/c1-11-19-38-27-17-15-25(29(31(27)40-21-13-3)42-33(36)23(5)6)35(9,10)26-16-18-28(39-20-12-2)32(41-22-14-4)30(26)43-34(37)24(7)8/h15-18H,5,7,11-14,19-22H2,1-4,6,8-10H3. The normalized spacial score (nSPS) is 11.0. The number of carbonyl (C=O) groups is 2. The fraction of sp³-hybridized carbons (Fsp3) is 0.486. The first-order valence-corrected chi connectivity index (χ1v) is 15.1. The number of ether oxygens (including phenoxy) is 6. The van der Waals surface area contributed by atoms with Crippen molar-refractivity contribution in [1.82, 2.24) is 0 Å². The number of rotatable bonds is 18. The van der Waals surface area contributed by atoms with E-state index in [1.165, 1.54) is 0 Å². The molecule has 0 aliphatic heterocycles. The van der Waals surface area contributed by atoms with Gasteiger partial charge in [0.05, 0.1) is 26.4 Å². The van der Waals surface area contributed by atoms with Crippen molar-refractivity contribution < 1.29 is 38.0 Å². The van der Waals surface area contributed by atoms with E-state index in [-0.39, 0.29) is 22.6 Å². The summed E-state index contributed by atoms with van der Waals surface area (Å²) in [7, 11) is 0. The van der Waals surface area contributed by atoms with Crippen molar-refractivity contribution in [3.63, 3.8) is 0 Å². The van der Waals surface area contributed by atoms with Gasteiger partial charge in [-0.25, -0.2) is 9.59 Å². The molecule has 0 atom stereocenters. The molecule has 2 rings (SSSR count). The maximum Gasteiger partial charge on any atom is 0.338 e. The number of carbonyl (C=O) groups excluding carboxylic acids is 2. The summed E-state index contributed by atoms with van der Waals surface area (Å²) in [6.45, 7) is 24.2. The van der Waals surface area contributed by atoms with Crippen LogP contribution in [0, 0.1) is 0 Å². The molecule has 0 aliphatic rings. The lowest BCUT2D eigenvalue weighted by Crippen LogP contribution is -2.25. The number of hydrogen-bond donors (Lipinski definition) is 0. The van der Waals surface area contributed by atoms with Crippen molar-refractivity contribution in [2.75, 3.05) is 26.4 Å². The zero-order valence-electron chi connectivity index (χ0n) is 27.1. The zero-order valence-corrected chi connectivity index (χ0v) is 27.1. The van der Waals surface area contributed by atoms with Crippen LogP contribution in [0.3, 0.4) is 0 Å². The molecule has 0 heterocycles. The molecule has 43 heavy (non-hydrogen) atoms. The van der Waals surface area contributed by atoms with Crippen molar-refractivity contribution >= 4 is 11.9 Å². The molecule has 236 valence electrons. The molecule has 2 aromatic rings. The van der Waals surface area contributed by atoms with Gasteiger partial charge in [-0.15, -0.1) is 0 Å². The van der Waals surface area contributed by atoms with Crippen LogP contribution in [0.25, 0.3) is 0 Å². The summed E-state index contributed by atoms with van der Waals surface area (Å²) in [5.74, 6) is 0.777. The third-order valence-electron chi connectivity index (χ3n) is 6.41. The minimum Gasteiger partial charge on any atom is -0.490 e. The highest BCUT2D eigenvalue weighted by Gasteiger charge is 2.36. The molecule has 0 aliphatic carbocycles. The van der Waals surface area contributed by atoms with Crippen LogP contribution in [0.1, 0.15) is 92.2 Å². The molecule has 0 bridgehead atoms. The van der Waals surface area contributed by atoms with Crippen LogP contribution < -0.4 is 28.4 Å². The number of benzene rings is 2. The van der Waals surface area contributed by atoms with Gasteiger partial charge < -0.3 is 28.4 Å². The molecular formula is C35H48O8. The Kier molecular flexibility index (Phi) is 13.6. The SMILES string of the molecule is C=C(C)C(=O)Oc1c(C(C)(C)c2ccc(OCCC)c(OCCC)c2OC(=O)C(=C)C)ccc(OCCC)c1OCCC. The quantitative estimate of drug-likeness (QED) is 0.0968. The Balaban J connectivity index is 2.95. The fourth-order valence-electron chi connectivity index (χ4n) is 4.11. The van der Waals surface area contributed by atoms with Gasteiger partial charge in [-0.05, 0) is 51.7 Å². The highest BCUT2D eigenvalue weighted by molar-refractivity contribution is 5.90. The Bertz CT molecular complexity index is 1190. The van der Waals surface area contributed by atoms with Gasteiger partial charge in [-0.2, -0.15) is 0 Å². The summed E-state index contributed by atoms with van der Waals surface area (Å²) in [4.78, 5) is 25.9. The average molecular weight is 597 g/mol. The summed E-state index contributed by atoms with van der Waals surface area (Å²) >= 11 is 0. The van der Waals surface area contributed by atoms with E-state index in [9.17, 15) is 9.59 Å². The van der Waals surface area contributed by atoms with Gasteiger partial charge in [0.15, 0.2) is 23.0 Å². The fourth-order valence-corrected chi connectivity index (χ4v) is 4.11. The van der Waals surface area contributed by atoms with Crippen LogP contribution in [0.15, 0.2) is 48.6 Å². The smallest absolute Gasteiger partial charge is 0.338 e. The Morgan fingerprint density at radius 1 is 0.581 bits per heavy atom. The maximum atomic E-state index is 13.0. The molecule has 0 unspecified atom stereocenters. The molecule has 0 aromatic heterocycles. The van der Waals surface area contributed by atoms with Crippen LogP contribution in [0.2, 0.25) is 0 Å². The lowest BCUT2D eigenvalue weighted by Gasteiger charge is -2.32. The van der Waals surface area contributed by atoms with Crippen LogP contribution in [0.5, 0.6) is 34.5 Å². The lowest BCUT2D eigenvalue weighted by molar-refractivity contribution is -0.131. The summed E-state index contributed by atoms with van der Waals surface area (Å²) in [5, 5.41) is 0. The van der Waals surface area contributed by atoms with Crippen LogP contribution >= 0.6 is 0 Å². The van der Waals surface area contributed by atoms with Gasteiger partial charge in [-0.1, -0.05) is 66.8 Å². The molecule has 0 saturated heterocycles. The zero-order chi connectivity index (χ0) is 32.2. The summed E-state index contributed by atoms with van der Waals surface area (Å²) in [5.41, 5.74) is 0.751. The highest BCUT2D eigenvalue weighted by atomic mass is 16.6. The van der Waals surface area contributed by atoms with Crippen molar-refractivity contribution in [1.29, 1.82) is 0 Å². The van der Waals surface area contributed by atoms with Crippen molar-refractivity contribution in [2.24, 2.45) is 0 Å². The molecule has 0 spiro atoms. The van der Waals surface area contributed by atoms with Gasteiger partial charge >= 0.3 is 11.9 Å². The second-order valence-corrected chi connectivity index (χ2v) is 10.9. The molecule has 8 heteroatoms. The van der Waals surface area contributed by atoms with E-state index in [4.69, 9.17) is 28.4 Å². The first-order valence-electron chi connectivity index (χ1n) is 15.1. The molecule has 0 N–H and O–H groups in total. The van der Waals surface area contributed by atoms with Crippen molar-refractivity contribution in [2.45, 2.75) is 86.5 Å². The molecule has 0 amide bonds. The Labute approximate surface area is 257 Å². The first kappa shape index (κ1) is 35.3. The van der Waals surface area contributed by atoms with Gasteiger partial charge in [-0.3, -0.25) is 0 Å². The second kappa shape index (κ2) is 16.6. The molecule has 0 fully saturated rings. The molecule has 8 nitrogen and oxygen atoms in total. The second-order valence-electron chi connectivity index (χ2n) is 10.9. The van der Waals surface area contributed by atoms with E-state index < -0.39 is 17.4 Å². The van der Waals surface area contributed by atoms with Crippen molar-refractivity contribution in [3.8, 4) is 34.5 Å². The van der Waals surface area contributed by atoms with Crippen molar-refractivity contribution in [3.05, 3.63) is 59.7 Å². The van der Waals surface area contributed by atoms with E-state index in [2.05, 4.69) is 13.2 Å². The lowest BCUT2D eigenvalue weighted by atomic mass is 9.76. The first-order chi connectivity index (χ1) is 20.4. The minimum atomic E-state index is -0.920. The van der Waals surface area contributed by atoms with E-state index in [0.29, 0.717) is 60.6 Å². The van der Waals surface area contributed by atoms with E-state index in [0.717, 1.165) is 25.7 Å². The average Bonchev–Trinajstić information content (AvgIpc) is 2.97. The summed E-state index contributed by atoms with van der Waals surface area (Å²) in [6, 6.07) is 7.29. The maximum absolute atomic E-state index is 13.0. The Morgan fingerprint density at radius 3 is 1.21 bits per heavy atom. The number of esters is 2. The third kappa shape index (κ3) is 9.02. The summed E-state index contributed by atoms with van der Waals surface area (Å²) in [6.07, 6.45) is 3.03. The predicted molar refractivity (Wildman–Crippen MR) is 169 cm³/mol. The molecule has 2 aromatic carbocycles. The van der Waals surface area contributed by atoms with Gasteiger partial charge in [0.1, 0.15) is 0 Å². The van der Waals surface area contributed by atoms with Gasteiger partial charge in [0, 0.05) is 27.7 Å². The molecular weight excluding hydrogens is 548 g/mol. The summed E-state index contributed by atoms with van der Waals surface area (Å²) < 4.78 is 36.3. The minimum absolute atomic E-state index is 0.208. The van der Waals surface area contributed by atoms with Gasteiger partial charge in [0.25, 0.3) is 0 Å². The highest BCUT2D eigenvalue weighted by Crippen LogP contribution is 2.52. The van der Waals surface area contributed by atoms with Crippen LogP contribution in [-0.2, 0) is 15.0 Å². The number of hydrogen-bond acceptors (Lipinski definition) is 8. The third-order valence-corrected chi connectivity index (χ3v) is 6.41. The van der Waals surface area contributed by atoms with Gasteiger partial charge in [0.2, 0.25) is 11.5 Å². The predicted octanol–water partition coefficient (Wildman–Crippen LogP) is 8.13. The van der Waals surface area contributed by atoms with E-state index >= 15 is 0 Å². The molecule has 0 radical (unpaired) electrons. The van der Waals surface area contributed by atoms with Crippen LogP contribution in [0.4, 0.5) is 0 Å². The Hall–Kier alpha value is -3.94. The van der Waals surface area contributed by atoms with Crippen LogP contribution in [-0.4, -0.2) is 38.4 Å². The molecule has 0 saturated carbocycles. The van der Waals surface area contributed by atoms with E-state index in [1.54, 1.807) is 13.8 Å². The Morgan fingerprint density at radius 2 is 0.907 bits per heavy atom. The monoisotopic (exact) mass is 596 g/mol. The van der Waals surface area contributed by atoms with E-state index in [1.807, 2.05) is 65.8 Å².